The highest BCUT2D eigenvalue weighted by Gasteiger charge is 2.24. The van der Waals surface area contributed by atoms with Crippen molar-refractivity contribution in [2.24, 2.45) is 5.92 Å². The van der Waals surface area contributed by atoms with Crippen molar-refractivity contribution in [1.29, 1.82) is 0 Å². The Balaban J connectivity index is 1.38. The molecule has 2 fully saturated rings. The summed E-state index contributed by atoms with van der Waals surface area (Å²) in [5.74, 6) is 3.10. The first kappa shape index (κ1) is 15.9. The maximum absolute atomic E-state index is 12.2. The van der Waals surface area contributed by atoms with E-state index in [0.29, 0.717) is 11.7 Å². The van der Waals surface area contributed by atoms with Gasteiger partial charge in [-0.15, -0.1) is 0 Å². The van der Waals surface area contributed by atoms with Gasteiger partial charge < -0.3 is 4.90 Å². The fourth-order valence-corrected chi connectivity index (χ4v) is 4.05. The van der Waals surface area contributed by atoms with E-state index in [1.165, 1.54) is 29.7 Å². The van der Waals surface area contributed by atoms with Crippen molar-refractivity contribution in [2.45, 2.75) is 26.3 Å². The molecule has 0 N–H and O–H groups in total. The van der Waals surface area contributed by atoms with Crippen LogP contribution in [0.15, 0.2) is 24.3 Å². The number of hydrogen-bond acceptors (Lipinski definition) is 3. The quantitative estimate of drug-likeness (QED) is 0.806. The van der Waals surface area contributed by atoms with E-state index < -0.39 is 0 Å². The number of piperazine rings is 1. The van der Waals surface area contributed by atoms with Crippen LogP contribution in [-0.2, 0) is 11.3 Å². The molecule has 0 unspecified atom stereocenters. The van der Waals surface area contributed by atoms with Crippen LogP contribution in [-0.4, -0.2) is 53.4 Å². The summed E-state index contributed by atoms with van der Waals surface area (Å²) in [5, 5.41) is 0. The number of carbonyl (C=O) groups excluding carboxylic acids is 1. The van der Waals surface area contributed by atoms with E-state index in [9.17, 15) is 4.79 Å². The first-order valence-corrected chi connectivity index (χ1v) is 9.49. The molecular formula is C18H26N2OS. The van der Waals surface area contributed by atoms with Crippen LogP contribution in [0.3, 0.4) is 0 Å². The van der Waals surface area contributed by atoms with Crippen molar-refractivity contribution in [2.75, 3.05) is 37.7 Å². The molecule has 2 aliphatic rings. The lowest BCUT2D eigenvalue weighted by molar-refractivity contribution is -0.130. The zero-order valence-electron chi connectivity index (χ0n) is 13.5. The van der Waals surface area contributed by atoms with Gasteiger partial charge in [0.15, 0.2) is 0 Å². The van der Waals surface area contributed by atoms with Gasteiger partial charge in [0.2, 0.25) is 5.91 Å². The molecule has 1 amide bonds. The molecule has 1 saturated carbocycles. The van der Waals surface area contributed by atoms with Crippen molar-refractivity contribution in [1.82, 2.24) is 9.80 Å². The van der Waals surface area contributed by atoms with Gasteiger partial charge in [-0.05, 0) is 37.0 Å². The van der Waals surface area contributed by atoms with Gasteiger partial charge >= 0.3 is 0 Å². The van der Waals surface area contributed by atoms with Gasteiger partial charge in [0.1, 0.15) is 0 Å². The predicted octanol–water partition coefficient (Wildman–Crippen LogP) is 2.78. The minimum atomic E-state index is 0.334. The minimum absolute atomic E-state index is 0.334. The molecule has 1 aromatic carbocycles. The summed E-state index contributed by atoms with van der Waals surface area (Å²) in [4.78, 5) is 16.7. The Kier molecular flexibility index (Phi) is 5.42. The van der Waals surface area contributed by atoms with Crippen LogP contribution in [0.5, 0.6) is 0 Å². The highest BCUT2D eigenvalue weighted by atomic mass is 32.2. The van der Waals surface area contributed by atoms with Crippen LogP contribution in [0.1, 0.15) is 24.0 Å². The Morgan fingerprint density at radius 3 is 2.68 bits per heavy atom. The molecule has 120 valence electrons. The number of benzene rings is 1. The number of rotatable bonds is 6. The number of amides is 1. The van der Waals surface area contributed by atoms with Gasteiger partial charge in [-0.3, -0.25) is 9.69 Å². The third kappa shape index (κ3) is 4.75. The lowest BCUT2D eigenvalue weighted by Crippen LogP contribution is -2.48. The molecule has 22 heavy (non-hydrogen) atoms. The summed E-state index contributed by atoms with van der Waals surface area (Å²) >= 11 is 1.83. The zero-order chi connectivity index (χ0) is 15.4. The topological polar surface area (TPSA) is 23.6 Å². The first-order valence-electron chi connectivity index (χ1n) is 8.34. The minimum Gasteiger partial charge on any atom is -0.339 e. The molecule has 4 heteroatoms. The zero-order valence-corrected chi connectivity index (χ0v) is 14.3. The van der Waals surface area contributed by atoms with Crippen LogP contribution >= 0.6 is 11.8 Å². The van der Waals surface area contributed by atoms with Crippen molar-refractivity contribution in [3.8, 4) is 0 Å². The maximum atomic E-state index is 12.2. The van der Waals surface area contributed by atoms with Gasteiger partial charge in [0.05, 0.1) is 5.75 Å². The summed E-state index contributed by atoms with van der Waals surface area (Å²) < 4.78 is 0. The Hall–Kier alpha value is -1.00. The summed E-state index contributed by atoms with van der Waals surface area (Å²) in [7, 11) is 0. The molecule has 1 heterocycles. The number of carbonyl (C=O) groups is 1. The average molecular weight is 318 g/mol. The van der Waals surface area contributed by atoms with E-state index in [1.807, 2.05) is 16.7 Å². The molecule has 1 aliphatic heterocycles. The third-order valence-corrected chi connectivity index (χ3v) is 5.65. The molecule has 1 aromatic rings. The first-order chi connectivity index (χ1) is 10.7. The molecule has 0 bridgehead atoms. The second kappa shape index (κ2) is 7.51. The van der Waals surface area contributed by atoms with Crippen LogP contribution in [0.4, 0.5) is 0 Å². The van der Waals surface area contributed by atoms with Crippen LogP contribution in [0, 0.1) is 12.8 Å². The predicted molar refractivity (Wildman–Crippen MR) is 93.1 cm³/mol. The van der Waals surface area contributed by atoms with Gasteiger partial charge in [-0.2, -0.15) is 11.8 Å². The van der Waals surface area contributed by atoms with Crippen LogP contribution in [0.2, 0.25) is 0 Å². The molecule has 1 saturated heterocycles. The van der Waals surface area contributed by atoms with E-state index in [-0.39, 0.29) is 0 Å². The molecule has 0 atom stereocenters. The number of aryl methyl sites for hydroxylation is 1. The Labute approximate surface area is 138 Å². The van der Waals surface area contributed by atoms with Crippen LogP contribution in [0.25, 0.3) is 0 Å². The Bertz CT molecular complexity index is 508. The average Bonchev–Trinajstić information content (AvgIpc) is 3.32. The van der Waals surface area contributed by atoms with Crippen molar-refractivity contribution >= 4 is 17.7 Å². The van der Waals surface area contributed by atoms with E-state index in [4.69, 9.17) is 0 Å². The fourth-order valence-electron chi connectivity index (χ4n) is 2.91. The number of hydrogen-bond donors (Lipinski definition) is 0. The van der Waals surface area contributed by atoms with E-state index >= 15 is 0 Å². The largest absolute Gasteiger partial charge is 0.339 e. The van der Waals surface area contributed by atoms with Crippen LogP contribution < -0.4 is 0 Å². The SMILES string of the molecule is Cc1cccc(CN2CCN(C(=O)CSCC3CC3)CC2)c1. The normalized spacial score (nSPS) is 19.4. The summed E-state index contributed by atoms with van der Waals surface area (Å²) in [6, 6.07) is 8.71. The molecule has 3 rings (SSSR count). The fraction of sp³-hybridized carbons (Fsp3) is 0.611. The lowest BCUT2D eigenvalue weighted by Gasteiger charge is -2.34. The van der Waals surface area contributed by atoms with E-state index in [0.717, 1.165) is 38.6 Å². The third-order valence-electron chi connectivity index (χ3n) is 4.49. The van der Waals surface area contributed by atoms with Crippen molar-refractivity contribution in [3.63, 3.8) is 0 Å². The molecule has 1 aliphatic carbocycles. The second-order valence-electron chi connectivity index (χ2n) is 6.60. The molecule has 0 aromatic heterocycles. The summed E-state index contributed by atoms with van der Waals surface area (Å²) in [5.41, 5.74) is 2.69. The Morgan fingerprint density at radius 1 is 1.23 bits per heavy atom. The lowest BCUT2D eigenvalue weighted by atomic mass is 10.1. The Morgan fingerprint density at radius 2 is 2.00 bits per heavy atom. The summed E-state index contributed by atoms with van der Waals surface area (Å²) in [6.07, 6.45) is 2.75. The van der Waals surface area contributed by atoms with Gasteiger partial charge in [0.25, 0.3) is 0 Å². The van der Waals surface area contributed by atoms with Gasteiger partial charge in [0, 0.05) is 32.7 Å². The highest BCUT2D eigenvalue weighted by molar-refractivity contribution is 7.99. The monoisotopic (exact) mass is 318 g/mol. The van der Waals surface area contributed by atoms with Crippen molar-refractivity contribution in [3.05, 3.63) is 35.4 Å². The summed E-state index contributed by atoms with van der Waals surface area (Å²) in [6.45, 7) is 6.89. The smallest absolute Gasteiger partial charge is 0.232 e. The maximum Gasteiger partial charge on any atom is 0.232 e. The van der Waals surface area contributed by atoms with Gasteiger partial charge in [-0.25, -0.2) is 0 Å². The van der Waals surface area contributed by atoms with E-state index in [2.05, 4.69) is 36.1 Å². The van der Waals surface area contributed by atoms with E-state index in [1.54, 1.807) is 0 Å². The molecule has 3 nitrogen and oxygen atoms in total. The van der Waals surface area contributed by atoms with Gasteiger partial charge in [-0.1, -0.05) is 29.8 Å². The second-order valence-corrected chi connectivity index (χ2v) is 7.63. The number of nitrogens with zero attached hydrogens (tertiary/aromatic N) is 2. The highest BCUT2D eigenvalue weighted by Crippen LogP contribution is 2.32. The molecule has 0 spiro atoms. The molecule has 0 radical (unpaired) electrons. The van der Waals surface area contributed by atoms with Crippen molar-refractivity contribution < 1.29 is 4.79 Å². The number of thioether (sulfide) groups is 1. The standard InChI is InChI=1S/C18H26N2OS/c1-15-3-2-4-17(11-15)12-19-7-9-20(10-8-19)18(21)14-22-13-16-5-6-16/h2-4,11,16H,5-10,12-14H2,1H3. The molecular weight excluding hydrogens is 292 g/mol.